The standard InChI is InChI=1S/C14H21N3O/c1-16-14(18)7-4-8-17-10-12(15)9-11-5-2-3-6-13(11)17/h2-3,5-6,12H,4,7-10,15H2,1H3,(H,16,18). The van der Waals surface area contributed by atoms with Crippen LogP contribution in [-0.4, -0.2) is 32.1 Å². The van der Waals surface area contributed by atoms with Gasteiger partial charge in [-0.3, -0.25) is 4.79 Å². The fourth-order valence-corrected chi connectivity index (χ4v) is 2.49. The normalized spacial score (nSPS) is 18.3. The van der Waals surface area contributed by atoms with Gasteiger partial charge in [-0.15, -0.1) is 0 Å². The molecule has 1 unspecified atom stereocenters. The number of para-hydroxylation sites is 1. The van der Waals surface area contributed by atoms with Crippen LogP contribution in [0.25, 0.3) is 0 Å². The predicted molar refractivity (Wildman–Crippen MR) is 73.6 cm³/mol. The predicted octanol–water partition coefficient (Wildman–Crippen LogP) is 0.903. The summed E-state index contributed by atoms with van der Waals surface area (Å²) >= 11 is 0. The molecule has 0 aromatic heterocycles. The maximum atomic E-state index is 11.2. The molecular weight excluding hydrogens is 226 g/mol. The van der Waals surface area contributed by atoms with Gasteiger partial charge in [0.2, 0.25) is 5.91 Å². The van der Waals surface area contributed by atoms with Crippen molar-refractivity contribution in [2.24, 2.45) is 5.73 Å². The SMILES string of the molecule is CNC(=O)CCCN1CC(N)Cc2ccccc21. The number of nitrogens with two attached hydrogens (primary N) is 1. The van der Waals surface area contributed by atoms with Crippen molar-refractivity contribution in [1.82, 2.24) is 5.32 Å². The lowest BCUT2D eigenvalue weighted by atomic mass is 9.98. The maximum absolute atomic E-state index is 11.2. The van der Waals surface area contributed by atoms with Gasteiger partial charge < -0.3 is 16.0 Å². The summed E-state index contributed by atoms with van der Waals surface area (Å²) in [5.41, 5.74) is 8.67. The molecular formula is C14H21N3O. The maximum Gasteiger partial charge on any atom is 0.219 e. The zero-order valence-electron chi connectivity index (χ0n) is 10.9. The molecule has 0 bridgehead atoms. The van der Waals surface area contributed by atoms with Gasteiger partial charge >= 0.3 is 0 Å². The molecule has 1 aromatic rings. The van der Waals surface area contributed by atoms with E-state index in [-0.39, 0.29) is 11.9 Å². The first kappa shape index (κ1) is 12.9. The van der Waals surface area contributed by atoms with E-state index in [1.807, 2.05) is 0 Å². The Balaban J connectivity index is 1.98. The van der Waals surface area contributed by atoms with Gasteiger partial charge in [0.25, 0.3) is 0 Å². The number of hydrogen-bond donors (Lipinski definition) is 2. The molecule has 1 heterocycles. The number of amides is 1. The van der Waals surface area contributed by atoms with Crippen molar-refractivity contribution in [3.05, 3.63) is 29.8 Å². The Morgan fingerprint density at radius 3 is 3.06 bits per heavy atom. The van der Waals surface area contributed by atoms with Crippen LogP contribution in [-0.2, 0) is 11.2 Å². The molecule has 0 saturated carbocycles. The Labute approximate surface area is 108 Å². The van der Waals surface area contributed by atoms with Gasteiger partial charge in [0, 0.05) is 38.3 Å². The van der Waals surface area contributed by atoms with E-state index in [2.05, 4.69) is 34.5 Å². The summed E-state index contributed by atoms with van der Waals surface area (Å²) in [7, 11) is 1.68. The molecule has 1 atom stereocenters. The number of carbonyl (C=O) groups excluding carboxylic acids is 1. The molecule has 4 nitrogen and oxygen atoms in total. The minimum Gasteiger partial charge on any atom is -0.370 e. The van der Waals surface area contributed by atoms with Crippen LogP contribution < -0.4 is 16.0 Å². The Morgan fingerprint density at radius 2 is 2.28 bits per heavy atom. The number of nitrogens with one attached hydrogen (secondary N) is 1. The molecule has 4 heteroatoms. The highest BCUT2D eigenvalue weighted by Crippen LogP contribution is 2.26. The molecule has 98 valence electrons. The van der Waals surface area contributed by atoms with Gasteiger partial charge in [-0.25, -0.2) is 0 Å². The fraction of sp³-hybridized carbons (Fsp3) is 0.500. The van der Waals surface area contributed by atoms with E-state index in [4.69, 9.17) is 5.73 Å². The molecule has 0 saturated heterocycles. The molecule has 1 aliphatic rings. The second-order valence-electron chi connectivity index (χ2n) is 4.82. The largest absolute Gasteiger partial charge is 0.370 e. The number of rotatable bonds is 4. The number of carbonyl (C=O) groups is 1. The van der Waals surface area contributed by atoms with Gasteiger partial charge in [0.05, 0.1) is 0 Å². The first-order valence-electron chi connectivity index (χ1n) is 6.49. The first-order valence-corrected chi connectivity index (χ1v) is 6.49. The molecule has 0 aliphatic carbocycles. The van der Waals surface area contributed by atoms with Crippen LogP contribution in [0.4, 0.5) is 5.69 Å². The Morgan fingerprint density at radius 1 is 1.50 bits per heavy atom. The summed E-state index contributed by atoms with van der Waals surface area (Å²) in [5, 5.41) is 2.65. The topological polar surface area (TPSA) is 58.4 Å². The van der Waals surface area contributed by atoms with Crippen LogP contribution >= 0.6 is 0 Å². The van der Waals surface area contributed by atoms with E-state index >= 15 is 0 Å². The molecule has 18 heavy (non-hydrogen) atoms. The van der Waals surface area contributed by atoms with E-state index in [1.165, 1.54) is 11.3 Å². The Hall–Kier alpha value is -1.55. The quantitative estimate of drug-likeness (QED) is 0.831. The highest BCUT2D eigenvalue weighted by atomic mass is 16.1. The van der Waals surface area contributed by atoms with Crippen molar-refractivity contribution in [3.8, 4) is 0 Å². The summed E-state index contributed by atoms with van der Waals surface area (Å²) in [5.74, 6) is 0.101. The summed E-state index contributed by atoms with van der Waals surface area (Å²) < 4.78 is 0. The smallest absolute Gasteiger partial charge is 0.219 e. The van der Waals surface area contributed by atoms with Crippen LogP contribution in [0, 0.1) is 0 Å². The van der Waals surface area contributed by atoms with Crippen molar-refractivity contribution in [3.63, 3.8) is 0 Å². The lowest BCUT2D eigenvalue weighted by Crippen LogP contribution is -2.43. The molecule has 2 rings (SSSR count). The van der Waals surface area contributed by atoms with Crippen LogP contribution in [0.15, 0.2) is 24.3 Å². The fourth-order valence-electron chi connectivity index (χ4n) is 2.49. The van der Waals surface area contributed by atoms with Gasteiger partial charge in [-0.05, 0) is 24.5 Å². The summed E-state index contributed by atoms with van der Waals surface area (Å²) in [6, 6.07) is 8.59. The molecule has 1 aromatic carbocycles. The van der Waals surface area contributed by atoms with Crippen molar-refractivity contribution in [2.45, 2.75) is 25.3 Å². The van der Waals surface area contributed by atoms with Crippen molar-refractivity contribution < 1.29 is 4.79 Å². The third-order valence-electron chi connectivity index (χ3n) is 3.38. The molecule has 0 radical (unpaired) electrons. The lowest BCUT2D eigenvalue weighted by Gasteiger charge is -2.34. The van der Waals surface area contributed by atoms with Gasteiger partial charge in [0.15, 0.2) is 0 Å². The van der Waals surface area contributed by atoms with Crippen LogP contribution in [0.5, 0.6) is 0 Å². The highest BCUT2D eigenvalue weighted by molar-refractivity contribution is 5.75. The van der Waals surface area contributed by atoms with Crippen LogP contribution in [0.1, 0.15) is 18.4 Å². The Bertz CT molecular complexity index is 419. The minimum atomic E-state index is 0.101. The number of nitrogens with zero attached hydrogens (tertiary/aromatic N) is 1. The van der Waals surface area contributed by atoms with Gasteiger partial charge in [-0.1, -0.05) is 18.2 Å². The van der Waals surface area contributed by atoms with E-state index in [1.54, 1.807) is 7.05 Å². The third-order valence-corrected chi connectivity index (χ3v) is 3.38. The van der Waals surface area contributed by atoms with Gasteiger partial charge in [-0.2, -0.15) is 0 Å². The average Bonchev–Trinajstić information content (AvgIpc) is 2.38. The lowest BCUT2D eigenvalue weighted by molar-refractivity contribution is -0.120. The van der Waals surface area contributed by atoms with Gasteiger partial charge in [0.1, 0.15) is 0 Å². The first-order chi connectivity index (χ1) is 8.70. The van der Waals surface area contributed by atoms with Crippen molar-refractivity contribution >= 4 is 11.6 Å². The zero-order valence-corrected chi connectivity index (χ0v) is 10.9. The number of benzene rings is 1. The van der Waals surface area contributed by atoms with E-state index in [9.17, 15) is 4.79 Å². The second kappa shape index (κ2) is 5.87. The molecule has 1 amide bonds. The number of anilines is 1. The molecule has 3 N–H and O–H groups in total. The van der Waals surface area contributed by atoms with Crippen LogP contribution in [0.2, 0.25) is 0 Å². The van der Waals surface area contributed by atoms with Crippen molar-refractivity contribution in [2.75, 3.05) is 25.0 Å². The Kier molecular flexibility index (Phi) is 4.20. The number of fused-ring (bicyclic) bond motifs is 1. The second-order valence-corrected chi connectivity index (χ2v) is 4.82. The summed E-state index contributed by atoms with van der Waals surface area (Å²) in [6.45, 7) is 1.77. The number of hydrogen-bond acceptors (Lipinski definition) is 3. The van der Waals surface area contributed by atoms with E-state index in [0.29, 0.717) is 6.42 Å². The van der Waals surface area contributed by atoms with Crippen molar-refractivity contribution in [1.29, 1.82) is 0 Å². The summed E-state index contributed by atoms with van der Waals surface area (Å²) in [4.78, 5) is 13.5. The third kappa shape index (κ3) is 3.01. The molecule has 0 fully saturated rings. The van der Waals surface area contributed by atoms with E-state index in [0.717, 1.165) is 25.9 Å². The molecule has 1 aliphatic heterocycles. The zero-order chi connectivity index (χ0) is 13.0. The summed E-state index contributed by atoms with van der Waals surface area (Å²) in [6.07, 6.45) is 2.38. The molecule has 0 spiro atoms. The van der Waals surface area contributed by atoms with E-state index < -0.39 is 0 Å². The highest BCUT2D eigenvalue weighted by Gasteiger charge is 2.21. The van der Waals surface area contributed by atoms with Crippen LogP contribution in [0.3, 0.4) is 0 Å². The average molecular weight is 247 g/mol. The minimum absolute atomic E-state index is 0.101. The monoisotopic (exact) mass is 247 g/mol.